The Morgan fingerprint density at radius 1 is 0.595 bits per heavy atom. The van der Waals surface area contributed by atoms with Crippen molar-refractivity contribution in [2.45, 2.75) is 103 Å². The van der Waals surface area contributed by atoms with E-state index < -0.39 is 0 Å². The van der Waals surface area contributed by atoms with Crippen molar-refractivity contribution in [1.82, 2.24) is 0 Å². The maximum atomic E-state index is 2.68. The van der Waals surface area contributed by atoms with E-state index in [0.29, 0.717) is 0 Å². The molecule has 0 N–H and O–H groups in total. The highest BCUT2D eigenvalue weighted by molar-refractivity contribution is 5.83. The fraction of sp³-hybridized carbons (Fsp3) is 0.400. The lowest BCUT2D eigenvalue weighted by Crippen LogP contribution is -2.54. The van der Waals surface area contributed by atoms with Crippen molar-refractivity contribution in [2.24, 2.45) is 0 Å². The Kier molecular flexibility index (Phi) is 6.84. The zero-order valence-corrected chi connectivity index (χ0v) is 27.0. The van der Waals surface area contributed by atoms with Crippen LogP contribution < -0.4 is 9.80 Å². The summed E-state index contributed by atoms with van der Waals surface area (Å²) in [7, 11) is 0. The third kappa shape index (κ3) is 4.64. The quantitative estimate of drug-likeness (QED) is 0.247. The summed E-state index contributed by atoms with van der Waals surface area (Å²) in [4.78, 5) is 5.14. The summed E-state index contributed by atoms with van der Waals surface area (Å²) in [6.07, 6.45) is 5.02. The van der Waals surface area contributed by atoms with E-state index in [1.807, 2.05) is 0 Å². The number of rotatable bonds is 4. The fourth-order valence-corrected chi connectivity index (χ4v) is 7.54. The summed E-state index contributed by atoms with van der Waals surface area (Å²) >= 11 is 0. The molecule has 0 saturated heterocycles. The Hall–Kier alpha value is -3.52. The van der Waals surface area contributed by atoms with Crippen LogP contribution >= 0.6 is 0 Å². The van der Waals surface area contributed by atoms with Crippen LogP contribution in [0.5, 0.6) is 0 Å². The van der Waals surface area contributed by atoms with Crippen LogP contribution in [0.4, 0.5) is 28.4 Å². The second kappa shape index (κ2) is 10.0. The highest BCUT2D eigenvalue weighted by Crippen LogP contribution is 2.60. The van der Waals surface area contributed by atoms with Gasteiger partial charge in [-0.15, -0.1) is 0 Å². The third-order valence-electron chi connectivity index (χ3n) is 10.3. The van der Waals surface area contributed by atoms with Crippen molar-refractivity contribution in [2.75, 3.05) is 9.80 Å². The number of anilines is 5. The van der Waals surface area contributed by atoms with Crippen LogP contribution in [-0.4, -0.2) is 5.54 Å². The Morgan fingerprint density at radius 2 is 1.12 bits per heavy atom. The van der Waals surface area contributed by atoms with Crippen molar-refractivity contribution in [3.8, 4) is 0 Å². The summed E-state index contributed by atoms with van der Waals surface area (Å²) in [5, 5.41) is 0. The third-order valence-corrected chi connectivity index (χ3v) is 10.3. The van der Waals surface area contributed by atoms with E-state index in [1.54, 1.807) is 0 Å². The van der Waals surface area contributed by atoms with Gasteiger partial charge in [-0.1, -0.05) is 110 Å². The average molecular weight is 557 g/mol. The van der Waals surface area contributed by atoms with E-state index >= 15 is 0 Å². The minimum Gasteiger partial charge on any atom is -0.334 e. The Labute approximate surface area is 254 Å². The molecule has 1 saturated carbocycles. The Bertz CT molecular complexity index is 1540. The molecule has 1 aliphatic carbocycles. The zero-order valence-electron chi connectivity index (χ0n) is 27.0. The first kappa shape index (κ1) is 28.6. The molecule has 4 aromatic carbocycles. The van der Waals surface area contributed by atoms with Gasteiger partial charge in [0.25, 0.3) is 0 Å². The molecule has 0 aromatic heterocycles. The predicted molar refractivity (Wildman–Crippen MR) is 181 cm³/mol. The second-order valence-corrected chi connectivity index (χ2v) is 15.1. The van der Waals surface area contributed by atoms with Gasteiger partial charge in [-0.25, -0.2) is 0 Å². The number of nitrogens with zero attached hydrogens (tertiary/aromatic N) is 2. The molecule has 6 rings (SSSR count). The van der Waals surface area contributed by atoms with Gasteiger partial charge in [0.2, 0.25) is 0 Å². The second-order valence-electron chi connectivity index (χ2n) is 15.1. The largest absolute Gasteiger partial charge is 0.334 e. The highest BCUT2D eigenvalue weighted by Gasteiger charge is 2.57. The lowest BCUT2D eigenvalue weighted by atomic mass is 9.61. The number of hydrogen-bond donors (Lipinski definition) is 0. The average Bonchev–Trinajstić information content (AvgIpc) is 3.16. The van der Waals surface area contributed by atoms with Crippen LogP contribution in [0.1, 0.15) is 97.8 Å². The molecule has 0 bridgehead atoms. The minimum atomic E-state index is 0.0384. The molecule has 42 heavy (non-hydrogen) atoms. The van der Waals surface area contributed by atoms with E-state index in [1.165, 1.54) is 70.8 Å². The first-order valence-corrected chi connectivity index (χ1v) is 15.8. The van der Waals surface area contributed by atoms with Gasteiger partial charge in [0, 0.05) is 33.9 Å². The zero-order chi connectivity index (χ0) is 29.9. The molecule has 218 valence electrons. The summed E-state index contributed by atoms with van der Waals surface area (Å²) in [5.74, 6) is 0. The molecular formula is C40H48N2. The molecule has 1 heterocycles. The fourth-order valence-electron chi connectivity index (χ4n) is 7.54. The number of benzene rings is 4. The molecule has 0 radical (unpaired) electrons. The van der Waals surface area contributed by atoms with Gasteiger partial charge in [-0.3, -0.25) is 0 Å². The van der Waals surface area contributed by atoms with Gasteiger partial charge in [0.15, 0.2) is 0 Å². The number of hydrogen-bond acceptors (Lipinski definition) is 2. The van der Waals surface area contributed by atoms with E-state index in [4.69, 9.17) is 0 Å². The summed E-state index contributed by atoms with van der Waals surface area (Å²) in [5.41, 5.74) is 10.7. The molecular weight excluding hydrogens is 508 g/mol. The van der Waals surface area contributed by atoms with Gasteiger partial charge in [-0.2, -0.15) is 0 Å². The smallest absolute Gasteiger partial charge is 0.0517 e. The van der Waals surface area contributed by atoms with Crippen molar-refractivity contribution in [1.29, 1.82) is 0 Å². The minimum absolute atomic E-state index is 0.0384. The molecule has 2 heteroatoms. The predicted octanol–water partition coefficient (Wildman–Crippen LogP) is 11.5. The topological polar surface area (TPSA) is 6.48 Å². The molecule has 1 aliphatic heterocycles. The van der Waals surface area contributed by atoms with Crippen LogP contribution in [0.15, 0.2) is 97.1 Å². The molecule has 2 aliphatic rings. The van der Waals surface area contributed by atoms with E-state index in [0.717, 1.165) is 0 Å². The van der Waals surface area contributed by atoms with Crippen LogP contribution in [0, 0.1) is 0 Å². The summed E-state index contributed by atoms with van der Waals surface area (Å²) in [6, 6.07) is 36.7. The molecule has 0 spiro atoms. The maximum Gasteiger partial charge on any atom is 0.0517 e. The number of para-hydroxylation sites is 1. The lowest BCUT2D eigenvalue weighted by Gasteiger charge is -2.50. The Morgan fingerprint density at radius 3 is 1.71 bits per heavy atom. The van der Waals surface area contributed by atoms with Crippen molar-refractivity contribution in [3.05, 3.63) is 114 Å². The van der Waals surface area contributed by atoms with E-state index in [-0.39, 0.29) is 21.8 Å². The highest BCUT2D eigenvalue weighted by atomic mass is 15.3. The van der Waals surface area contributed by atoms with Gasteiger partial charge in [0.05, 0.1) is 5.54 Å². The van der Waals surface area contributed by atoms with E-state index in [2.05, 4.69) is 162 Å². The molecule has 2 atom stereocenters. The summed E-state index contributed by atoms with van der Waals surface area (Å²) in [6.45, 7) is 18.8. The normalized spacial score (nSPS) is 22.0. The SMILES string of the molecule is CC(C)(C)c1cccc(N(c2cccc(N3c4ccccc4C4(C)CCCCC34C)c2)c2cccc(C(C)(C)C)c2)c1. The summed E-state index contributed by atoms with van der Waals surface area (Å²) < 4.78 is 0. The monoisotopic (exact) mass is 556 g/mol. The first-order chi connectivity index (χ1) is 19.8. The van der Waals surface area contributed by atoms with Crippen LogP contribution in [0.3, 0.4) is 0 Å². The van der Waals surface area contributed by atoms with Crippen molar-refractivity contribution < 1.29 is 0 Å². The van der Waals surface area contributed by atoms with Crippen LogP contribution in [0.2, 0.25) is 0 Å². The van der Waals surface area contributed by atoms with Crippen molar-refractivity contribution in [3.63, 3.8) is 0 Å². The molecule has 4 aromatic rings. The van der Waals surface area contributed by atoms with Gasteiger partial charge >= 0.3 is 0 Å². The molecule has 2 unspecified atom stereocenters. The molecule has 0 amide bonds. The van der Waals surface area contributed by atoms with Crippen molar-refractivity contribution >= 4 is 28.4 Å². The number of fused-ring (bicyclic) bond motifs is 3. The molecule has 2 nitrogen and oxygen atoms in total. The Balaban J connectivity index is 1.53. The molecule has 1 fully saturated rings. The lowest BCUT2D eigenvalue weighted by molar-refractivity contribution is 0.195. The first-order valence-electron chi connectivity index (χ1n) is 15.8. The van der Waals surface area contributed by atoms with Gasteiger partial charge in [-0.05, 0) is 95.8 Å². The maximum absolute atomic E-state index is 2.68. The van der Waals surface area contributed by atoms with E-state index in [9.17, 15) is 0 Å². The van der Waals surface area contributed by atoms with Gasteiger partial charge in [0.1, 0.15) is 0 Å². The van der Waals surface area contributed by atoms with Crippen LogP contribution in [0.25, 0.3) is 0 Å². The van der Waals surface area contributed by atoms with Gasteiger partial charge < -0.3 is 9.80 Å². The van der Waals surface area contributed by atoms with Crippen LogP contribution in [-0.2, 0) is 16.2 Å². The standard InChI is InChI=1S/C40H48N2/c1-37(2,3)29-16-13-18-31(26-29)41(32-19-14-17-30(27-32)38(4,5)6)33-20-15-21-34(28-33)42-36-23-10-9-22-35(36)39(7)24-11-12-25-40(39,42)8/h9-10,13-23,26-28H,11-12,24-25H2,1-8H3.